The Bertz CT molecular complexity index is 394. The minimum atomic E-state index is 0.334. The van der Waals surface area contributed by atoms with Crippen LogP contribution < -0.4 is 4.90 Å². The number of anilines is 1. The van der Waals surface area contributed by atoms with Crippen LogP contribution in [0.5, 0.6) is 0 Å². The molecule has 1 saturated carbocycles. The number of rotatable bonds is 2. The van der Waals surface area contributed by atoms with Crippen LogP contribution in [0, 0.1) is 12.8 Å². The van der Waals surface area contributed by atoms with Gasteiger partial charge >= 0.3 is 0 Å². The molecule has 1 fully saturated rings. The molecule has 0 spiro atoms. The summed E-state index contributed by atoms with van der Waals surface area (Å²) < 4.78 is 0. The summed E-state index contributed by atoms with van der Waals surface area (Å²) in [7, 11) is 2.12. The molecular weight excluding hydrogens is 234 g/mol. The van der Waals surface area contributed by atoms with E-state index >= 15 is 0 Å². The second kappa shape index (κ2) is 5.21. The number of halogens is 1. The van der Waals surface area contributed by atoms with Crippen molar-refractivity contribution in [1.29, 1.82) is 0 Å². The predicted octanol–water partition coefficient (Wildman–Crippen LogP) is 3.45. The summed E-state index contributed by atoms with van der Waals surface area (Å²) >= 11 is 5.89. The monoisotopic (exact) mass is 253 g/mol. The Balaban J connectivity index is 2.23. The van der Waals surface area contributed by atoms with Crippen molar-refractivity contribution in [2.24, 2.45) is 5.92 Å². The van der Waals surface area contributed by atoms with Gasteiger partial charge < -0.3 is 4.90 Å². The van der Waals surface area contributed by atoms with E-state index in [4.69, 9.17) is 11.6 Å². The van der Waals surface area contributed by atoms with Crippen LogP contribution in [0.4, 0.5) is 5.82 Å². The molecule has 2 unspecified atom stereocenters. The molecule has 0 N–H and O–H groups in total. The van der Waals surface area contributed by atoms with Crippen molar-refractivity contribution in [1.82, 2.24) is 9.97 Å². The van der Waals surface area contributed by atoms with E-state index in [2.05, 4.69) is 28.8 Å². The number of hydrogen-bond donors (Lipinski definition) is 0. The van der Waals surface area contributed by atoms with E-state index < -0.39 is 0 Å². The van der Waals surface area contributed by atoms with Gasteiger partial charge in [-0.05, 0) is 37.3 Å². The van der Waals surface area contributed by atoms with Crippen LogP contribution >= 0.6 is 11.6 Å². The van der Waals surface area contributed by atoms with Crippen molar-refractivity contribution in [3.63, 3.8) is 0 Å². The molecule has 94 valence electrons. The van der Waals surface area contributed by atoms with Crippen LogP contribution in [-0.2, 0) is 0 Å². The highest BCUT2D eigenvalue weighted by Gasteiger charge is 2.26. The van der Waals surface area contributed by atoms with E-state index in [-0.39, 0.29) is 0 Å². The zero-order valence-electron chi connectivity index (χ0n) is 10.8. The van der Waals surface area contributed by atoms with E-state index in [1.54, 1.807) is 6.20 Å². The van der Waals surface area contributed by atoms with Gasteiger partial charge in [0.1, 0.15) is 5.82 Å². The van der Waals surface area contributed by atoms with Gasteiger partial charge in [0.05, 0.1) is 0 Å². The molecule has 1 aromatic heterocycles. The normalized spacial score (nSPS) is 24.7. The fourth-order valence-electron chi connectivity index (χ4n) is 2.80. The Labute approximate surface area is 108 Å². The lowest BCUT2D eigenvalue weighted by atomic mass is 9.85. The third-order valence-corrected chi connectivity index (χ3v) is 4.00. The third-order valence-electron chi connectivity index (χ3n) is 3.81. The van der Waals surface area contributed by atoms with Crippen molar-refractivity contribution < 1.29 is 0 Å². The summed E-state index contributed by atoms with van der Waals surface area (Å²) in [6.07, 6.45) is 7.03. The molecule has 1 aliphatic carbocycles. The Kier molecular flexibility index (Phi) is 3.87. The summed E-state index contributed by atoms with van der Waals surface area (Å²) in [5.41, 5.74) is 1.09. The maximum atomic E-state index is 5.89. The Hall–Kier alpha value is -0.830. The molecule has 0 aromatic carbocycles. The zero-order chi connectivity index (χ0) is 12.4. The molecule has 0 bridgehead atoms. The van der Waals surface area contributed by atoms with Crippen molar-refractivity contribution in [3.05, 3.63) is 17.0 Å². The first-order chi connectivity index (χ1) is 8.09. The maximum absolute atomic E-state index is 5.89. The van der Waals surface area contributed by atoms with E-state index in [0.29, 0.717) is 11.3 Å². The highest BCUT2D eigenvalue weighted by atomic mass is 35.5. The van der Waals surface area contributed by atoms with Crippen LogP contribution in [0.25, 0.3) is 0 Å². The fourth-order valence-corrected chi connectivity index (χ4v) is 2.93. The number of aryl methyl sites for hydroxylation is 1. The first kappa shape index (κ1) is 12.6. The van der Waals surface area contributed by atoms with Gasteiger partial charge in [0.15, 0.2) is 0 Å². The molecule has 1 aliphatic rings. The predicted molar refractivity (Wildman–Crippen MR) is 71.6 cm³/mol. The highest BCUT2D eigenvalue weighted by Crippen LogP contribution is 2.30. The minimum absolute atomic E-state index is 0.334. The third kappa shape index (κ3) is 2.71. The van der Waals surface area contributed by atoms with Crippen molar-refractivity contribution in [2.45, 2.75) is 45.6 Å². The lowest BCUT2D eigenvalue weighted by molar-refractivity contribution is 0.320. The van der Waals surface area contributed by atoms with Crippen LogP contribution in [0.1, 0.15) is 38.2 Å². The van der Waals surface area contributed by atoms with Crippen molar-refractivity contribution >= 4 is 17.4 Å². The number of hydrogen-bond acceptors (Lipinski definition) is 3. The van der Waals surface area contributed by atoms with Crippen molar-refractivity contribution in [3.8, 4) is 0 Å². The molecule has 4 heteroatoms. The summed E-state index contributed by atoms with van der Waals surface area (Å²) in [6, 6.07) is 0.577. The number of nitrogens with zero attached hydrogens (tertiary/aromatic N) is 3. The summed E-state index contributed by atoms with van der Waals surface area (Å²) in [5.74, 6) is 1.70. The van der Waals surface area contributed by atoms with Gasteiger partial charge in [0, 0.05) is 24.8 Å². The van der Waals surface area contributed by atoms with Crippen LogP contribution in [0.15, 0.2) is 6.20 Å². The Morgan fingerprint density at radius 3 is 2.76 bits per heavy atom. The van der Waals surface area contributed by atoms with Crippen LogP contribution in [-0.4, -0.2) is 23.1 Å². The van der Waals surface area contributed by atoms with Crippen LogP contribution in [0.2, 0.25) is 5.28 Å². The summed E-state index contributed by atoms with van der Waals surface area (Å²) in [5, 5.41) is 0.334. The molecule has 17 heavy (non-hydrogen) atoms. The van der Waals surface area contributed by atoms with E-state index in [9.17, 15) is 0 Å². The SMILES string of the molecule is Cc1cnc(Cl)nc1N(C)C1CCCCC1C. The Morgan fingerprint density at radius 1 is 1.35 bits per heavy atom. The van der Waals surface area contributed by atoms with E-state index in [1.807, 2.05) is 6.92 Å². The fraction of sp³-hybridized carbons (Fsp3) is 0.692. The lowest BCUT2D eigenvalue weighted by Crippen LogP contribution is -2.39. The standard InChI is InChI=1S/C13H20ClN3/c1-9-6-4-5-7-11(9)17(3)12-10(2)8-15-13(14)16-12/h8-9,11H,4-7H2,1-3H3. The first-order valence-electron chi connectivity index (χ1n) is 6.31. The maximum Gasteiger partial charge on any atom is 0.224 e. The topological polar surface area (TPSA) is 29.0 Å². The molecule has 1 aromatic rings. The van der Waals surface area contributed by atoms with Gasteiger partial charge in [-0.3, -0.25) is 0 Å². The first-order valence-corrected chi connectivity index (χ1v) is 6.69. The average Bonchev–Trinajstić information content (AvgIpc) is 2.32. The zero-order valence-corrected chi connectivity index (χ0v) is 11.5. The van der Waals surface area contributed by atoms with Gasteiger partial charge in [-0.1, -0.05) is 19.8 Å². The van der Waals surface area contributed by atoms with Crippen molar-refractivity contribution in [2.75, 3.05) is 11.9 Å². The smallest absolute Gasteiger partial charge is 0.224 e. The molecule has 1 heterocycles. The molecule has 0 aliphatic heterocycles. The molecular formula is C13H20ClN3. The highest BCUT2D eigenvalue weighted by molar-refractivity contribution is 6.28. The number of aromatic nitrogens is 2. The molecule has 3 nitrogen and oxygen atoms in total. The summed E-state index contributed by atoms with van der Waals surface area (Å²) in [6.45, 7) is 4.37. The van der Waals surface area contributed by atoms with E-state index in [1.165, 1.54) is 25.7 Å². The van der Waals surface area contributed by atoms with Gasteiger partial charge in [0.2, 0.25) is 5.28 Å². The second-order valence-corrected chi connectivity index (χ2v) is 5.42. The molecule has 2 rings (SSSR count). The largest absolute Gasteiger partial charge is 0.356 e. The molecule has 0 amide bonds. The second-order valence-electron chi connectivity index (χ2n) is 5.09. The Morgan fingerprint density at radius 2 is 2.06 bits per heavy atom. The molecule has 0 saturated heterocycles. The van der Waals surface area contributed by atoms with E-state index in [0.717, 1.165) is 17.3 Å². The van der Waals surface area contributed by atoms with Gasteiger partial charge in [0.25, 0.3) is 0 Å². The average molecular weight is 254 g/mol. The van der Waals surface area contributed by atoms with Gasteiger partial charge in [-0.2, -0.15) is 0 Å². The molecule has 2 atom stereocenters. The summed E-state index contributed by atoms with van der Waals surface area (Å²) in [4.78, 5) is 10.7. The quantitative estimate of drug-likeness (QED) is 0.756. The minimum Gasteiger partial charge on any atom is -0.356 e. The molecule has 0 radical (unpaired) electrons. The van der Waals surface area contributed by atoms with Gasteiger partial charge in [-0.15, -0.1) is 0 Å². The van der Waals surface area contributed by atoms with Crippen LogP contribution in [0.3, 0.4) is 0 Å². The lowest BCUT2D eigenvalue weighted by Gasteiger charge is -2.37. The van der Waals surface area contributed by atoms with Gasteiger partial charge in [-0.25, -0.2) is 9.97 Å².